The number of rotatable bonds is 5. The van der Waals surface area contributed by atoms with Crippen LogP contribution < -0.4 is 5.32 Å². The monoisotopic (exact) mass is 489 g/mol. The number of urea groups is 1. The summed E-state index contributed by atoms with van der Waals surface area (Å²) in [4.78, 5) is 28.3. The third kappa shape index (κ3) is 5.82. The molecule has 9 nitrogen and oxygen atoms in total. The summed E-state index contributed by atoms with van der Waals surface area (Å²) in [6.07, 6.45) is 0. The van der Waals surface area contributed by atoms with Gasteiger partial charge in [-0.15, -0.1) is 0 Å². The van der Waals surface area contributed by atoms with E-state index in [4.69, 9.17) is 16.9 Å². The van der Waals surface area contributed by atoms with E-state index in [9.17, 15) is 18.0 Å². The van der Waals surface area contributed by atoms with Gasteiger partial charge in [0, 0.05) is 43.9 Å². The van der Waals surface area contributed by atoms with Gasteiger partial charge >= 0.3 is 6.03 Å². The number of halogens is 1. The number of piperazine rings is 1. The Morgan fingerprint density at radius 3 is 2.27 bits per heavy atom. The van der Waals surface area contributed by atoms with Gasteiger partial charge in [-0.2, -0.15) is 9.57 Å². The third-order valence-electron chi connectivity index (χ3n) is 5.39. The number of carbonyl (C=O) groups is 2. The summed E-state index contributed by atoms with van der Waals surface area (Å²) < 4.78 is 26.4. The van der Waals surface area contributed by atoms with E-state index in [0.717, 1.165) is 9.87 Å². The van der Waals surface area contributed by atoms with E-state index >= 15 is 0 Å². The van der Waals surface area contributed by atoms with Crippen molar-refractivity contribution in [2.45, 2.75) is 11.8 Å². The molecule has 3 rings (SSSR count). The van der Waals surface area contributed by atoms with Crippen molar-refractivity contribution in [3.8, 4) is 6.07 Å². The van der Waals surface area contributed by atoms with E-state index in [2.05, 4.69) is 5.32 Å². The second-order valence-electron chi connectivity index (χ2n) is 7.66. The molecule has 1 fully saturated rings. The van der Waals surface area contributed by atoms with E-state index in [-0.39, 0.29) is 23.4 Å². The minimum absolute atomic E-state index is 0.00880. The Kier molecular flexibility index (Phi) is 7.58. The highest BCUT2D eigenvalue weighted by Gasteiger charge is 2.28. The van der Waals surface area contributed by atoms with Crippen LogP contribution in [0.4, 0.5) is 10.5 Å². The number of amides is 3. The van der Waals surface area contributed by atoms with Crippen LogP contribution in [0.3, 0.4) is 0 Å². The van der Waals surface area contributed by atoms with E-state index in [1.165, 1.54) is 36.2 Å². The fourth-order valence-corrected chi connectivity index (χ4v) is 4.59. The van der Waals surface area contributed by atoms with Crippen LogP contribution in [-0.2, 0) is 14.8 Å². The van der Waals surface area contributed by atoms with Crippen LogP contribution in [0, 0.1) is 18.3 Å². The number of hydrogen-bond donors (Lipinski definition) is 1. The number of benzene rings is 2. The van der Waals surface area contributed by atoms with Gasteiger partial charge in [0.05, 0.1) is 23.1 Å². The Balaban J connectivity index is 1.53. The first-order chi connectivity index (χ1) is 15.6. The lowest BCUT2D eigenvalue weighted by molar-refractivity contribution is -0.132. The zero-order chi connectivity index (χ0) is 24.2. The number of likely N-dealkylation sites (N-methyl/N-ethyl adjacent to an activating group) is 1. The minimum Gasteiger partial charge on any atom is -0.338 e. The number of anilines is 1. The van der Waals surface area contributed by atoms with Crippen LogP contribution in [0.25, 0.3) is 0 Å². The van der Waals surface area contributed by atoms with Crippen LogP contribution in [0.2, 0.25) is 5.02 Å². The first-order valence-electron chi connectivity index (χ1n) is 10.2. The number of aryl methyl sites for hydroxylation is 1. The van der Waals surface area contributed by atoms with E-state index in [0.29, 0.717) is 42.5 Å². The van der Waals surface area contributed by atoms with E-state index < -0.39 is 10.0 Å². The van der Waals surface area contributed by atoms with Gasteiger partial charge in [0.25, 0.3) is 0 Å². The maximum Gasteiger partial charge on any atom is 0.321 e. The van der Waals surface area contributed by atoms with Crippen molar-refractivity contribution in [2.75, 3.05) is 45.1 Å². The normalized spacial score (nSPS) is 14.2. The fraction of sp³-hybridized carbons (Fsp3) is 0.318. The Labute approximate surface area is 198 Å². The molecule has 0 bridgehead atoms. The highest BCUT2D eigenvalue weighted by Crippen LogP contribution is 2.20. The topological polar surface area (TPSA) is 114 Å². The maximum atomic E-state index is 12.7. The van der Waals surface area contributed by atoms with Crippen LogP contribution in [-0.4, -0.2) is 74.2 Å². The third-order valence-corrected chi connectivity index (χ3v) is 7.62. The van der Waals surface area contributed by atoms with Gasteiger partial charge in [0.2, 0.25) is 15.9 Å². The molecule has 0 radical (unpaired) electrons. The summed E-state index contributed by atoms with van der Waals surface area (Å²) in [5.41, 5.74) is 1.84. The average Bonchev–Trinajstić information content (AvgIpc) is 2.81. The standard InChI is InChI=1S/C22H24ClN5O4S/c1-16-3-6-18(13-20(16)23)25-22(30)28-11-9-27(10-12-28)21(29)15-26(2)33(31,32)19-7-4-17(14-24)5-8-19/h3-8,13H,9-12,15H2,1-2H3,(H,25,30). The summed E-state index contributed by atoms with van der Waals surface area (Å²) in [7, 11) is -2.54. The van der Waals surface area contributed by atoms with Gasteiger partial charge in [-0.1, -0.05) is 17.7 Å². The van der Waals surface area contributed by atoms with Gasteiger partial charge in [-0.05, 0) is 48.9 Å². The minimum atomic E-state index is -3.87. The second-order valence-corrected chi connectivity index (χ2v) is 10.1. The molecule has 1 aliphatic heterocycles. The Hall–Kier alpha value is -3.13. The van der Waals surface area contributed by atoms with Crippen molar-refractivity contribution in [1.82, 2.24) is 14.1 Å². The highest BCUT2D eigenvalue weighted by atomic mass is 35.5. The van der Waals surface area contributed by atoms with Crippen LogP contribution >= 0.6 is 11.6 Å². The molecule has 2 aromatic carbocycles. The predicted molar refractivity (Wildman–Crippen MR) is 124 cm³/mol. The quantitative estimate of drug-likeness (QED) is 0.693. The molecule has 11 heteroatoms. The molecule has 1 N–H and O–H groups in total. The van der Waals surface area contributed by atoms with Gasteiger partial charge in [-0.3, -0.25) is 4.79 Å². The lowest BCUT2D eigenvalue weighted by atomic mass is 10.2. The van der Waals surface area contributed by atoms with Crippen LogP contribution in [0.5, 0.6) is 0 Å². The molecule has 0 aromatic heterocycles. The lowest BCUT2D eigenvalue weighted by Gasteiger charge is -2.35. The molecular formula is C22H24ClN5O4S. The van der Waals surface area contributed by atoms with Crippen molar-refractivity contribution < 1.29 is 18.0 Å². The largest absolute Gasteiger partial charge is 0.338 e. The number of nitrogens with one attached hydrogen (secondary N) is 1. The summed E-state index contributed by atoms with van der Waals surface area (Å²) >= 11 is 6.09. The molecular weight excluding hydrogens is 466 g/mol. The highest BCUT2D eigenvalue weighted by molar-refractivity contribution is 7.89. The summed E-state index contributed by atoms with van der Waals surface area (Å²) in [5, 5.41) is 12.2. The zero-order valence-corrected chi connectivity index (χ0v) is 19.9. The lowest BCUT2D eigenvalue weighted by Crippen LogP contribution is -2.53. The summed E-state index contributed by atoms with van der Waals surface area (Å²) in [5.74, 6) is -0.347. The van der Waals surface area contributed by atoms with Crippen molar-refractivity contribution in [3.63, 3.8) is 0 Å². The number of nitriles is 1. The van der Waals surface area contributed by atoms with Crippen LogP contribution in [0.15, 0.2) is 47.4 Å². The molecule has 1 saturated heterocycles. The van der Waals surface area contributed by atoms with Crippen molar-refractivity contribution in [1.29, 1.82) is 5.26 Å². The van der Waals surface area contributed by atoms with Gasteiger partial charge in [-0.25, -0.2) is 13.2 Å². The number of carbonyl (C=O) groups excluding carboxylic acids is 2. The molecule has 0 spiro atoms. The van der Waals surface area contributed by atoms with Crippen molar-refractivity contribution in [2.24, 2.45) is 0 Å². The molecule has 174 valence electrons. The molecule has 33 heavy (non-hydrogen) atoms. The number of nitrogens with zero attached hydrogens (tertiary/aromatic N) is 4. The Morgan fingerprint density at radius 2 is 1.70 bits per heavy atom. The second kappa shape index (κ2) is 10.2. The molecule has 0 unspecified atom stereocenters. The smallest absolute Gasteiger partial charge is 0.321 e. The first kappa shape index (κ1) is 24.5. The fourth-order valence-electron chi connectivity index (χ4n) is 3.29. The number of hydrogen-bond acceptors (Lipinski definition) is 5. The van der Waals surface area contributed by atoms with Crippen molar-refractivity contribution >= 4 is 39.2 Å². The Morgan fingerprint density at radius 1 is 1.09 bits per heavy atom. The summed E-state index contributed by atoms with van der Waals surface area (Å²) in [6.45, 7) is 2.79. The zero-order valence-electron chi connectivity index (χ0n) is 18.3. The molecule has 2 aromatic rings. The van der Waals surface area contributed by atoms with Gasteiger partial charge in [0.1, 0.15) is 0 Å². The van der Waals surface area contributed by atoms with Crippen LogP contribution in [0.1, 0.15) is 11.1 Å². The number of sulfonamides is 1. The van der Waals surface area contributed by atoms with Gasteiger partial charge in [0.15, 0.2) is 0 Å². The van der Waals surface area contributed by atoms with Gasteiger partial charge < -0.3 is 15.1 Å². The molecule has 0 aliphatic carbocycles. The van der Waals surface area contributed by atoms with E-state index in [1.54, 1.807) is 17.0 Å². The summed E-state index contributed by atoms with van der Waals surface area (Å²) in [6, 6.07) is 12.4. The molecule has 1 aliphatic rings. The average molecular weight is 490 g/mol. The Bertz CT molecular complexity index is 1190. The molecule has 1 heterocycles. The van der Waals surface area contributed by atoms with E-state index in [1.807, 2.05) is 19.1 Å². The molecule has 0 atom stereocenters. The molecule has 0 saturated carbocycles. The maximum absolute atomic E-state index is 12.7. The SMILES string of the molecule is Cc1ccc(NC(=O)N2CCN(C(=O)CN(C)S(=O)(=O)c3ccc(C#N)cc3)CC2)cc1Cl. The predicted octanol–water partition coefficient (Wildman–Crippen LogP) is 2.52. The first-order valence-corrected chi connectivity index (χ1v) is 12.0. The van der Waals surface area contributed by atoms with Crippen molar-refractivity contribution in [3.05, 3.63) is 58.6 Å². The molecule has 3 amide bonds.